The summed E-state index contributed by atoms with van der Waals surface area (Å²) in [5, 5.41) is 3.33. The van der Waals surface area contributed by atoms with Gasteiger partial charge < -0.3 is 15.1 Å². The normalized spacial score (nSPS) is 28.3. The Bertz CT molecular complexity index is 346. The largest absolute Gasteiger partial charge is 0.341 e. The summed E-state index contributed by atoms with van der Waals surface area (Å²) in [6, 6.07) is 0.282. The number of hydrogen-bond acceptors (Lipinski definition) is 3. The van der Waals surface area contributed by atoms with Crippen LogP contribution in [0.1, 0.15) is 33.1 Å². The highest BCUT2D eigenvalue weighted by Crippen LogP contribution is 2.19. The molecule has 2 amide bonds. The molecule has 0 saturated carbocycles. The van der Waals surface area contributed by atoms with Gasteiger partial charge in [-0.2, -0.15) is 0 Å². The van der Waals surface area contributed by atoms with E-state index >= 15 is 0 Å². The van der Waals surface area contributed by atoms with Crippen molar-refractivity contribution in [3.8, 4) is 0 Å². The molecule has 19 heavy (non-hydrogen) atoms. The van der Waals surface area contributed by atoms with Gasteiger partial charge in [0.15, 0.2) is 0 Å². The predicted octanol–water partition coefficient (Wildman–Crippen LogP) is 0.455. The molecule has 2 unspecified atom stereocenters. The van der Waals surface area contributed by atoms with Crippen LogP contribution < -0.4 is 5.32 Å². The van der Waals surface area contributed by atoms with Gasteiger partial charge in [-0.3, -0.25) is 9.59 Å². The summed E-state index contributed by atoms with van der Waals surface area (Å²) in [5.41, 5.74) is 0. The molecule has 5 nitrogen and oxygen atoms in total. The molecule has 5 heteroatoms. The maximum atomic E-state index is 12.5. The van der Waals surface area contributed by atoms with Crippen molar-refractivity contribution < 1.29 is 9.59 Å². The van der Waals surface area contributed by atoms with Crippen LogP contribution in [-0.4, -0.2) is 60.4 Å². The van der Waals surface area contributed by atoms with Crippen molar-refractivity contribution in [2.75, 3.05) is 32.7 Å². The summed E-state index contributed by atoms with van der Waals surface area (Å²) < 4.78 is 0. The SMILES string of the molecule is CCC(=O)N1CCCN(C(=O)C2CCNC2C)CC1. The molecule has 0 aromatic carbocycles. The van der Waals surface area contributed by atoms with Gasteiger partial charge in [0.25, 0.3) is 0 Å². The van der Waals surface area contributed by atoms with E-state index in [0.29, 0.717) is 19.5 Å². The zero-order chi connectivity index (χ0) is 13.8. The Balaban J connectivity index is 1.91. The van der Waals surface area contributed by atoms with Crippen molar-refractivity contribution in [1.82, 2.24) is 15.1 Å². The summed E-state index contributed by atoms with van der Waals surface area (Å²) in [4.78, 5) is 28.1. The minimum Gasteiger partial charge on any atom is -0.341 e. The zero-order valence-corrected chi connectivity index (χ0v) is 12.0. The number of nitrogens with one attached hydrogen (secondary N) is 1. The lowest BCUT2D eigenvalue weighted by Gasteiger charge is -2.26. The van der Waals surface area contributed by atoms with E-state index in [9.17, 15) is 9.59 Å². The van der Waals surface area contributed by atoms with Crippen LogP contribution in [0.15, 0.2) is 0 Å². The van der Waals surface area contributed by atoms with Crippen LogP contribution in [0.3, 0.4) is 0 Å². The van der Waals surface area contributed by atoms with Crippen LogP contribution >= 0.6 is 0 Å². The molecule has 0 bridgehead atoms. The average Bonchev–Trinajstić information content (AvgIpc) is 2.70. The van der Waals surface area contributed by atoms with E-state index < -0.39 is 0 Å². The molecule has 1 N–H and O–H groups in total. The Kier molecular flexibility index (Phi) is 4.80. The van der Waals surface area contributed by atoms with Crippen LogP contribution in [0.2, 0.25) is 0 Å². The number of rotatable bonds is 2. The molecular formula is C14H25N3O2. The second kappa shape index (κ2) is 6.37. The third-order valence-electron chi connectivity index (χ3n) is 4.31. The van der Waals surface area contributed by atoms with Gasteiger partial charge in [0.1, 0.15) is 0 Å². The van der Waals surface area contributed by atoms with Crippen LogP contribution in [0.25, 0.3) is 0 Å². The summed E-state index contributed by atoms with van der Waals surface area (Å²) in [6.07, 6.45) is 2.39. The Morgan fingerprint density at radius 1 is 1.16 bits per heavy atom. The molecule has 0 aliphatic carbocycles. The first-order chi connectivity index (χ1) is 9.13. The molecule has 2 heterocycles. The molecule has 0 spiro atoms. The van der Waals surface area contributed by atoms with E-state index in [1.54, 1.807) is 0 Å². The molecule has 0 aromatic rings. The van der Waals surface area contributed by atoms with E-state index in [1.807, 2.05) is 16.7 Å². The van der Waals surface area contributed by atoms with Crippen LogP contribution in [0.4, 0.5) is 0 Å². The first kappa shape index (κ1) is 14.3. The average molecular weight is 267 g/mol. The highest BCUT2D eigenvalue weighted by Gasteiger charge is 2.33. The molecule has 0 aromatic heterocycles. The second-order valence-corrected chi connectivity index (χ2v) is 5.55. The van der Waals surface area contributed by atoms with Gasteiger partial charge in [0.2, 0.25) is 11.8 Å². The van der Waals surface area contributed by atoms with E-state index in [2.05, 4.69) is 12.2 Å². The lowest BCUT2D eigenvalue weighted by molar-refractivity contribution is -0.136. The third-order valence-corrected chi connectivity index (χ3v) is 4.31. The standard InChI is InChI=1S/C14H25N3O2/c1-3-13(18)16-7-4-8-17(10-9-16)14(19)12-5-6-15-11(12)2/h11-12,15H,3-10H2,1-2H3. The topological polar surface area (TPSA) is 52.7 Å². The van der Waals surface area contributed by atoms with Gasteiger partial charge >= 0.3 is 0 Å². The Morgan fingerprint density at radius 2 is 1.84 bits per heavy atom. The number of hydrogen-bond donors (Lipinski definition) is 1. The highest BCUT2D eigenvalue weighted by atomic mass is 16.2. The lowest BCUT2D eigenvalue weighted by atomic mass is 10.0. The monoisotopic (exact) mass is 267 g/mol. The third kappa shape index (κ3) is 3.26. The zero-order valence-electron chi connectivity index (χ0n) is 12.0. The van der Waals surface area contributed by atoms with Crippen LogP contribution in [-0.2, 0) is 9.59 Å². The fourth-order valence-corrected chi connectivity index (χ4v) is 3.04. The van der Waals surface area contributed by atoms with Crippen molar-refractivity contribution in [3.05, 3.63) is 0 Å². The summed E-state index contributed by atoms with van der Waals surface area (Å²) in [6.45, 7) is 7.86. The minimum absolute atomic E-state index is 0.119. The van der Waals surface area contributed by atoms with E-state index in [-0.39, 0.29) is 23.8 Å². The van der Waals surface area contributed by atoms with Gasteiger partial charge in [-0.1, -0.05) is 6.92 Å². The molecule has 2 rings (SSSR count). The predicted molar refractivity (Wildman–Crippen MR) is 73.6 cm³/mol. The fourth-order valence-electron chi connectivity index (χ4n) is 3.04. The van der Waals surface area contributed by atoms with Crippen LogP contribution in [0.5, 0.6) is 0 Å². The van der Waals surface area contributed by atoms with Crippen LogP contribution in [0, 0.1) is 5.92 Å². The molecule has 2 fully saturated rings. The molecular weight excluding hydrogens is 242 g/mol. The summed E-state index contributed by atoms with van der Waals surface area (Å²) >= 11 is 0. The summed E-state index contributed by atoms with van der Waals surface area (Å²) in [7, 11) is 0. The van der Waals surface area contributed by atoms with Gasteiger partial charge in [-0.25, -0.2) is 0 Å². The number of carbonyl (C=O) groups is 2. The summed E-state index contributed by atoms with van der Waals surface area (Å²) in [5.74, 6) is 0.585. The second-order valence-electron chi connectivity index (χ2n) is 5.55. The quantitative estimate of drug-likeness (QED) is 0.790. The smallest absolute Gasteiger partial charge is 0.227 e. The molecule has 2 aliphatic rings. The lowest BCUT2D eigenvalue weighted by Crippen LogP contribution is -2.42. The number of amides is 2. The van der Waals surface area contributed by atoms with E-state index in [1.165, 1.54) is 0 Å². The highest BCUT2D eigenvalue weighted by molar-refractivity contribution is 5.80. The molecule has 0 radical (unpaired) electrons. The van der Waals surface area contributed by atoms with Crippen molar-refractivity contribution in [1.29, 1.82) is 0 Å². The van der Waals surface area contributed by atoms with Crippen molar-refractivity contribution >= 4 is 11.8 Å². The molecule has 108 valence electrons. The molecule has 2 atom stereocenters. The Morgan fingerprint density at radius 3 is 2.47 bits per heavy atom. The van der Waals surface area contributed by atoms with Gasteiger partial charge in [0, 0.05) is 38.6 Å². The number of nitrogens with zero attached hydrogens (tertiary/aromatic N) is 2. The van der Waals surface area contributed by atoms with Crippen molar-refractivity contribution in [3.63, 3.8) is 0 Å². The van der Waals surface area contributed by atoms with Crippen molar-refractivity contribution in [2.45, 2.75) is 39.2 Å². The minimum atomic E-state index is 0.119. The number of carbonyl (C=O) groups excluding carboxylic acids is 2. The van der Waals surface area contributed by atoms with Gasteiger partial charge in [-0.05, 0) is 26.3 Å². The maximum absolute atomic E-state index is 12.5. The van der Waals surface area contributed by atoms with E-state index in [4.69, 9.17) is 0 Å². The van der Waals surface area contributed by atoms with Crippen molar-refractivity contribution in [2.24, 2.45) is 5.92 Å². The molecule has 2 saturated heterocycles. The fraction of sp³-hybridized carbons (Fsp3) is 0.857. The van der Waals surface area contributed by atoms with E-state index in [0.717, 1.165) is 32.5 Å². The first-order valence-electron chi connectivity index (χ1n) is 7.43. The first-order valence-corrected chi connectivity index (χ1v) is 7.43. The Hall–Kier alpha value is -1.10. The Labute approximate surface area is 115 Å². The van der Waals surface area contributed by atoms with Gasteiger partial charge in [-0.15, -0.1) is 0 Å². The molecule has 2 aliphatic heterocycles. The van der Waals surface area contributed by atoms with Gasteiger partial charge in [0.05, 0.1) is 5.92 Å². The maximum Gasteiger partial charge on any atom is 0.227 e.